The summed E-state index contributed by atoms with van der Waals surface area (Å²) in [4.78, 5) is 4.31. The molecule has 1 aromatic carbocycles. The third-order valence-corrected chi connectivity index (χ3v) is 5.41. The SMILES string of the molecule is Nc1nc2cc(Cl)c(F)cc2n1CC1CC2CCC1C2. The van der Waals surface area contributed by atoms with Crippen molar-refractivity contribution in [2.45, 2.75) is 32.2 Å². The van der Waals surface area contributed by atoms with Crippen molar-refractivity contribution in [3.05, 3.63) is 23.0 Å². The number of rotatable bonds is 2. The van der Waals surface area contributed by atoms with Gasteiger partial charge in [-0.3, -0.25) is 0 Å². The average molecular weight is 294 g/mol. The largest absolute Gasteiger partial charge is 0.369 e. The zero-order valence-electron chi connectivity index (χ0n) is 11.1. The van der Waals surface area contributed by atoms with Crippen LogP contribution in [0.25, 0.3) is 11.0 Å². The van der Waals surface area contributed by atoms with Gasteiger partial charge in [0.2, 0.25) is 5.95 Å². The second-order valence-corrected chi connectivity index (χ2v) is 6.68. The second-order valence-electron chi connectivity index (χ2n) is 6.27. The van der Waals surface area contributed by atoms with Crippen molar-refractivity contribution in [3.63, 3.8) is 0 Å². The van der Waals surface area contributed by atoms with E-state index in [4.69, 9.17) is 17.3 Å². The van der Waals surface area contributed by atoms with Crippen molar-refractivity contribution in [1.29, 1.82) is 0 Å². The third kappa shape index (κ3) is 1.81. The van der Waals surface area contributed by atoms with Crippen molar-refractivity contribution < 1.29 is 4.39 Å². The van der Waals surface area contributed by atoms with Crippen LogP contribution in [-0.4, -0.2) is 9.55 Å². The zero-order valence-corrected chi connectivity index (χ0v) is 11.9. The minimum absolute atomic E-state index is 0.0991. The second kappa shape index (κ2) is 4.35. The Morgan fingerprint density at radius 1 is 1.35 bits per heavy atom. The molecule has 0 saturated heterocycles. The van der Waals surface area contributed by atoms with Crippen LogP contribution in [-0.2, 0) is 6.54 Å². The molecule has 2 fully saturated rings. The highest BCUT2D eigenvalue weighted by atomic mass is 35.5. The molecule has 0 amide bonds. The summed E-state index contributed by atoms with van der Waals surface area (Å²) in [5, 5.41) is 0.0991. The van der Waals surface area contributed by atoms with Crippen LogP contribution in [0.15, 0.2) is 12.1 Å². The van der Waals surface area contributed by atoms with Gasteiger partial charge in [0.05, 0.1) is 16.1 Å². The van der Waals surface area contributed by atoms with Gasteiger partial charge in [-0.2, -0.15) is 0 Å². The molecule has 3 unspecified atom stereocenters. The fourth-order valence-electron chi connectivity index (χ4n) is 4.17. The number of anilines is 1. The van der Waals surface area contributed by atoms with Crippen molar-refractivity contribution in [2.24, 2.45) is 17.8 Å². The summed E-state index contributed by atoms with van der Waals surface area (Å²) in [5.41, 5.74) is 7.45. The van der Waals surface area contributed by atoms with Gasteiger partial charge in [0.25, 0.3) is 0 Å². The van der Waals surface area contributed by atoms with Gasteiger partial charge in [0, 0.05) is 12.6 Å². The first-order valence-corrected chi connectivity index (χ1v) is 7.60. The lowest BCUT2D eigenvalue weighted by Gasteiger charge is -2.22. The Balaban J connectivity index is 1.72. The third-order valence-electron chi connectivity index (χ3n) is 5.12. The molecule has 106 valence electrons. The van der Waals surface area contributed by atoms with E-state index in [0.29, 0.717) is 17.4 Å². The quantitative estimate of drug-likeness (QED) is 0.914. The van der Waals surface area contributed by atoms with Crippen LogP contribution in [0.5, 0.6) is 0 Å². The molecule has 1 aromatic heterocycles. The highest BCUT2D eigenvalue weighted by molar-refractivity contribution is 6.31. The standard InChI is InChI=1S/C15H17ClFN3/c16-11-5-13-14(6-12(11)17)20(15(18)19-13)7-10-4-8-1-2-9(10)3-8/h5-6,8-10H,1-4,7H2,(H2,18,19). The molecular weight excluding hydrogens is 277 g/mol. The number of halogens is 2. The fraction of sp³-hybridized carbons (Fsp3) is 0.533. The van der Waals surface area contributed by atoms with E-state index in [1.165, 1.54) is 31.7 Å². The van der Waals surface area contributed by atoms with Crippen molar-refractivity contribution >= 4 is 28.6 Å². The Kier molecular flexibility index (Phi) is 2.71. The zero-order chi connectivity index (χ0) is 13.9. The molecule has 2 bridgehead atoms. The molecule has 0 spiro atoms. The maximum Gasteiger partial charge on any atom is 0.201 e. The van der Waals surface area contributed by atoms with E-state index in [1.54, 1.807) is 6.07 Å². The highest BCUT2D eigenvalue weighted by Gasteiger charge is 2.39. The van der Waals surface area contributed by atoms with Crippen LogP contribution in [0.2, 0.25) is 5.02 Å². The van der Waals surface area contributed by atoms with E-state index in [2.05, 4.69) is 4.98 Å². The predicted octanol–water partition coefficient (Wildman–Crippen LogP) is 3.85. The van der Waals surface area contributed by atoms with Crippen molar-refractivity contribution in [1.82, 2.24) is 9.55 Å². The van der Waals surface area contributed by atoms with Gasteiger partial charge < -0.3 is 10.3 Å². The summed E-state index contributed by atoms with van der Waals surface area (Å²) in [6.45, 7) is 0.852. The first kappa shape index (κ1) is 12.5. The molecular formula is C15H17ClFN3. The lowest BCUT2D eigenvalue weighted by atomic mass is 9.89. The number of imidazole rings is 1. The Bertz CT molecular complexity index is 681. The van der Waals surface area contributed by atoms with Crippen LogP contribution in [0, 0.1) is 23.6 Å². The predicted molar refractivity (Wildman–Crippen MR) is 78.1 cm³/mol. The molecule has 4 rings (SSSR count). The van der Waals surface area contributed by atoms with E-state index >= 15 is 0 Å². The summed E-state index contributed by atoms with van der Waals surface area (Å²) in [5.74, 6) is 2.42. The summed E-state index contributed by atoms with van der Waals surface area (Å²) < 4.78 is 15.6. The van der Waals surface area contributed by atoms with Gasteiger partial charge in [0.15, 0.2) is 0 Å². The first-order chi connectivity index (χ1) is 9.61. The smallest absolute Gasteiger partial charge is 0.201 e. The molecule has 3 nitrogen and oxygen atoms in total. The maximum absolute atomic E-state index is 13.7. The Labute approximate surface area is 121 Å². The molecule has 2 aliphatic carbocycles. The number of hydrogen-bond acceptors (Lipinski definition) is 2. The number of hydrogen-bond donors (Lipinski definition) is 1. The van der Waals surface area contributed by atoms with Gasteiger partial charge in [-0.25, -0.2) is 9.37 Å². The molecule has 5 heteroatoms. The van der Waals surface area contributed by atoms with Crippen LogP contribution in [0.1, 0.15) is 25.7 Å². The lowest BCUT2D eigenvalue weighted by molar-refractivity contribution is 0.300. The first-order valence-electron chi connectivity index (χ1n) is 7.22. The summed E-state index contributed by atoms with van der Waals surface area (Å²) in [7, 11) is 0. The summed E-state index contributed by atoms with van der Waals surface area (Å²) in [6, 6.07) is 3.01. The molecule has 2 saturated carbocycles. The van der Waals surface area contributed by atoms with E-state index in [9.17, 15) is 4.39 Å². The maximum atomic E-state index is 13.7. The summed E-state index contributed by atoms with van der Waals surface area (Å²) >= 11 is 5.81. The Morgan fingerprint density at radius 2 is 2.20 bits per heavy atom. The van der Waals surface area contributed by atoms with E-state index < -0.39 is 5.82 Å². The minimum atomic E-state index is -0.409. The summed E-state index contributed by atoms with van der Waals surface area (Å²) in [6.07, 6.45) is 5.35. The van der Waals surface area contributed by atoms with Gasteiger partial charge in [-0.15, -0.1) is 0 Å². The number of benzene rings is 1. The van der Waals surface area contributed by atoms with E-state index in [0.717, 1.165) is 23.9 Å². The molecule has 20 heavy (non-hydrogen) atoms. The molecule has 2 N–H and O–H groups in total. The molecule has 0 radical (unpaired) electrons. The fourth-order valence-corrected chi connectivity index (χ4v) is 4.32. The van der Waals surface area contributed by atoms with Gasteiger partial charge in [0.1, 0.15) is 5.82 Å². The van der Waals surface area contributed by atoms with Crippen LogP contribution < -0.4 is 5.73 Å². The normalized spacial score (nSPS) is 28.6. The number of nitrogen functional groups attached to an aromatic ring is 1. The molecule has 2 aliphatic rings. The van der Waals surface area contributed by atoms with Crippen molar-refractivity contribution in [2.75, 3.05) is 5.73 Å². The van der Waals surface area contributed by atoms with Gasteiger partial charge in [-0.1, -0.05) is 18.0 Å². The minimum Gasteiger partial charge on any atom is -0.369 e. The molecule has 3 atom stereocenters. The number of fused-ring (bicyclic) bond motifs is 3. The Hall–Kier alpha value is -1.29. The van der Waals surface area contributed by atoms with E-state index in [-0.39, 0.29) is 5.02 Å². The monoisotopic (exact) mass is 293 g/mol. The van der Waals surface area contributed by atoms with Gasteiger partial charge in [-0.05, 0) is 43.1 Å². The average Bonchev–Trinajstić information content (AvgIpc) is 3.08. The topological polar surface area (TPSA) is 43.8 Å². The lowest BCUT2D eigenvalue weighted by Crippen LogP contribution is -2.18. The molecule has 2 aromatic rings. The number of nitrogens with zero attached hydrogens (tertiary/aromatic N) is 2. The molecule has 1 heterocycles. The number of nitrogens with two attached hydrogens (primary N) is 1. The van der Waals surface area contributed by atoms with Crippen LogP contribution in [0.3, 0.4) is 0 Å². The van der Waals surface area contributed by atoms with Crippen LogP contribution >= 0.6 is 11.6 Å². The van der Waals surface area contributed by atoms with E-state index in [1.807, 2.05) is 4.57 Å². The Morgan fingerprint density at radius 3 is 2.90 bits per heavy atom. The van der Waals surface area contributed by atoms with Gasteiger partial charge >= 0.3 is 0 Å². The van der Waals surface area contributed by atoms with Crippen LogP contribution in [0.4, 0.5) is 10.3 Å². The highest BCUT2D eigenvalue weighted by Crippen LogP contribution is 2.49. The number of aromatic nitrogens is 2. The molecule has 0 aliphatic heterocycles. The van der Waals surface area contributed by atoms with Crippen molar-refractivity contribution in [3.8, 4) is 0 Å².